The lowest BCUT2D eigenvalue weighted by Crippen LogP contribution is -2.04. The van der Waals surface area contributed by atoms with Crippen molar-refractivity contribution in [3.63, 3.8) is 0 Å². The number of nitrogens with two attached hydrogens (primary N) is 1. The molecule has 0 radical (unpaired) electrons. The second-order valence-corrected chi connectivity index (χ2v) is 3.61. The number of nitrogen functional groups attached to an aromatic ring is 1. The summed E-state index contributed by atoms with van der Waals surface area (Å²) < 4.78 is 0. The van der Waals surface area contributed by atoms with Gasteiger partial charge in [-0.05, 0) is 30.7 Å². The normalized spacial score (nSPS) is 10.6. The lowest BCUT2D eigenvalue weighted by Gasteiger charge is -2.09. The van der Waals surface area contributed by atoms with Crippen molar-refractivity contribution in [2.24, 2.45) is 0 Å². The van der Waals surface area contributed by atoms with Gasteiger partial charge in [-0.15, -0.1) is 0 Å². The molecule has 2 rings (SSSR count). The van der Waals surface area contributed by atoms with E-state index in [9.17, 15) is 0 Å². The number of benzene rings is 1. The summed E-state index contributed by atoms with van der Waals surface area (Å²) in [5, 5.41) is 12.9. The number of hydrogen-bond donors (Lipinski definition) is 3. The smallest absolute Gasteiger partial charge is 0.0953 e. The van der Waals surface area contributed by atoms with Gasteiger partial charge < -0.3 is 16.2 Å². The van der Waals surface area contributed by atoms with E-state index in [0.717, 1.165) is 35.2 Å². The summed E-state index contributed by atoms with van der Waals surface area (Å²) in [5.74, 6) is 0. The Morgan fingerprint density at radius 1 is 1.31 bits per heavy atom. The van der Waals surface area contributed by atoms with Crippen molar-refractivity contribution >= 4 is 22.3 Å². The highest BCUT2D eigenvalue weighted by Crippen LogP contribution is 2.25. The Kier molecular flexibility index (Phi) is 3.22. The molecule has 1 aromatic carbocycles. The third-order valence-electron chi connectivity index (χ3n) is 2.45. The molecule has 0 saturated carbocycles. The summed E-state index contributed by atoms with van der Waals surface area (Å²) in [7, 11) is 0. The lowest BCUT2D eigenvalue weighted by atomic mass is 10.1. The van der Waals surface area contributed by atoms with Crippen LogP contribution in [0.2, 0.25) is 0 Å². The van der Waals surface area contributed by atoms with Crippen molar-refractivity contribution in [3.8, 4) is 0 Å². The van der Waals surface area contributed by atoms with Crippen molar-refractivity contribution in [2.45, 2.75) is 6.42 Å². The summed E-state index contributed by atoms with van der Waals surface area (Å²) in [5.41, 5.74) is 8.44. The van der Waals surface area contributed by atoms with Gasteiger partial charge in [0.2, 0.25) is 0 Å². The van der Waals surface area contributed by atoms with Crippen LogP contribution in [-0.2, 0) is 0 Å². The molecule has 2 aromatic rings. The van der Waals surface area contributed by atoms with E-state index in [4.69, 9.17) is 10.8 Å². The van der Waals surface area contributed by atoms with Gasteiger partial charge in [-0.2, -0.15) is 0 Å². The Bertz CT molecular complexity index is 485. The topological polar surface area (TPSA) is 71.2 Å². The number of rotatable bonds is 4. The van der Waals surface area contributed by atoms with E-state index in [1.807, 2.05) is 24.3 Å². The Hall–Kier alpha value is -1.81. The zero-order chi connectivity index (χ0) is 11.4. The van der Waals surface area contributed by atoms with Crippen LogP contribution in [0.15, 0.2) is 30.5 Å². The Morgan fingerprint density at radius 3 is 3.00 bits per heavy atom. The first-order valence-corrected chi connectivity index (χ1v) is 5.31. The van der Waals surface area contributed by atoms with Gasteiger partial charge in [0.15, 0.2) is 0 Å². The Labute approximate surface area is 94.1 Å². The SMILES string of the molecule is Nc1ccc(NCCCO)c2ncccc12. The number of aromatic nitrogens is 1. The maximum absolute atomic E-state index is 8.73. The third kappa shape index (κ3) is 2.06. The van der Waals surface area contributed by atoms with Crippen LogP contribution in [0.1, 0.15) is 6.42 Å². The number of fused-ring (bicyclic) bond motifs is 1. The van der Waals surface area contributed by atoms with E-state index in [2.05, 4.69) is 10.3 Å². The molecule has 0 bridgehead atoms. The molecule has 0 atom stereocenters. The fourth-order valence-corrected chi connectivity index (χ4v) is 1.64. The molecule has 4 heteroatoms. The minimum atomic E-state index is 0.188. The zero-order valence-corrected chi connectivity index (χ0v) is 8.98. The molecule has 4 nitrogen and oxygen atoms in total. The maximum Gasteiger partial charge on any atom is 0.0953 e. The van der Waals surface area contributed by atoms with Gasteiger partial charge in [0.25, 0.3) is 0 Å². The Balaban J connectivity index is 2.35. The number of hydrogen-bond acceptors (Lipinski definition) is 4. The van der Waals surface area contributed by atoms with Gasteiger partial charge in [-0.3, -0.25) is 4.98 Å². The van der Waals surface area contributed by atoms with E-state index < -0.39 is 0 Å². The van der Waals surface area contributed by atoms with Gasteiger partial charge in [-0.1, -0.05) is 0 Å². The number of nitrogens with zero attached hydrogens (tertiary/aromatic N) is 1. The first-order chi connectivity index (χ1) is 7.83. The minimum absolute atomic E-state index is 0.188. The summed E-state index contributed by atoms with van der Waals surface area (Å²) >= 11 is 0. The highest BCUT2D eigenvalue weighted by molar-refractivity contribution is 5.98. The van der Waals surface area contributed by atoms with E-state index in [1.165, 1.54) is 0 Å². The second kappa shape index (κ2) is 4.81. The van der Waals surface area contributed by atoms with E-state index in [-0.39, 0.29) is 6.61 Å². The average Bonchev–Trinajstić information content (AvgIpc) is 2.33. The molecule has 0 saturated heterocycles. The molecule has 0 aliphatic heterocycles. The van der Waals surface area contributed by atoms with Crippen molar-refractivity contribution < 1.29 is 5.11 Å². The highest BCUT2D eigenvalue weighted by Gasteiger charge is 2.03. The number of anilines is 2. The first kappa shape index (κ1) is 10.7. The summed E-state index contributed by atoms with van der Waals surface area (Å²) in [6, 6.07) is 7.61. The fourth-order valence-electron chi connectivity index (χ4n) is 1.64. The van der Waals surface area contributed by atoms with Crippen molar-refractivity contribution in [2.75, 3.05) is 24.2 Å². The number of aliphatic hydroxyl groups excluding tert-OH is 1. The molecular formula is C12H15N3O. The summed E-state index contributed by atoms with van der Waals surface area (Å²) in [6.07, 6.45) is 2.47. The predicted octanol–water partition coefficient (Wildman–Crippen LogP) is 1.61. The molecule has 0 aliphatic rings. The second-order valence-electron chi connectivity index (χ2n) is 3.61. The average molecular weight is 217 g/mol. The monoisotopic (exact) mass is 217 g/mol. The van der Waals surface area contributed by atoms with Gasteiger partial charge in [0, 0.05) is 30.4 Å². The van der Waals surface area contributed by atoms with Crippen LogP contribution in [0.3, 0.4) is 0 Å². The molecule has 0 fully saturated rings. The largest absolute Gasteiger partial charge is 0.398 e. The fraction of sp³-hybridized carbons (Fsp3) is 0.250. The summed E-state index contributed by atoms with van der Waals surface area (Å²) in [4.78, 5) is 4.32. The third-order valence-corrected chi connectivity index (χ3v) is 2.45. The van der Waals surface area contributed by atoms with E-state index >= 15 is 0 Å². The number of nitrogens with one attached hydrogen (secondary N) is 1. The summed E-state index contributed by atoms with van der Waals surface area (Å²) in [6.45, 7) is 0.916. The molecular weight excluding hydrogens is 202 g/mol. The molecule has 84 valence electrons. The molecule has 0 amide bonds. The van der Waals surface area contributed by atoms with Gasteiger partial charge in [0.05, 0.1) is 11.2 Å². The van der Waals surface area contributed by atoms with E-state index in [1.54, 1.807) is 6.20 Å². The number of aliphatic hydroxyl groups is 1. The van der Waals surface area contributed by atoms with Crippen LogP contribution in [0.4, 0.5) is 11.4 Å². The molecule has 0 spiro atoms. The van der Waals surface area contributed by atoms with Crippen molar-refractivity contribution in [1.82, 2.24) is 4.98 Å². The quantitative estimate of drug-likeness (QED) is 0.537. The molecule has 16 heavy (non-hydrogen) atoms. The predicted molar refractivity (Wildman–Crippen MR) is 66.3 cm³/mol. The standard InChI is InChI=1S/C12H15N3O/c13-10-4-5-11(14-7-2-8-16)12-9(10)3-1-6-15-12/h1,3-6,14,16H,2,7-8,13H2. The molecule has 0 unspecified atom stereocenters. The van der Waals surface area contributed by atoms with Crippen LogP contribution in [-0.4, -0.2) is 23.2 Å². The van der Waals surface area contributed by atoms with Crippen LogP contribution >= 0.6 is 0 Å². The van der Waals surface area contributed by atoms with Gasteiger partial charge >= 0.3 is 0 Å². The van der Waals surface area contributed by atoms with Gasteiger partial charge in [-0.25, -0.2) is 0 Å². The highest BCUT2D eigenvalue weighted by atomic mass is 16.3. The van der Waals surface area contributed by atoms with Crippen molar-refractivity contribution in [1.29, 1.82) is 0 Å². The number of pyridine rings is 1. The molecule has 0 aliphatic carbocycles. The van der Waals surface area contributed by atoms with Gasteiger partial charge in [0.1, 0.15) is 0 Å². The minimum Gasteiger partial charge on any atom is -0.398 e. The lowest BCUT2D eigenvalue weighted by molar-refractivity contribution is 0.292. The van der Waals surface area contributed by atoms with Crippen LogP contribution in [0.5, 0.6) is 0 Å². The van der Waals surface area contributed by atoms with Crippen LogP contribution in [0, 0.1) is 0 Å². The van der Waals surface area contributed by atoms with Crippen LogP contribution < -0.4 is 11.1 Å². The zero-order valence-electron chi connectivity index (χ0n) is 8.98. The first-order valence-electron chi connectivity index (χ1n) is 5.31. The van der Waals surface area contributed by atoms with Crippen molar-refractivity contribution in [3.05, 3.63) is 30.5 Å². The molecule has 1 aromatic heterocycles. The van der Waals surface area contributed by atoms with E-state index in [0.29, 0.717) is 0 Å². The Morgan fingerprint density at radius 2 is 2.19 bits per heavy atom. The van der Waals surface area contributed by atoms with Crippen LogP contribution in [0.25, 0.3) is 10.9 Å². The molecule has 1 heterocycles. The maximum atomic E-state index is 8.73. The molecule has 4 N–H and O–H groups in total.